The zero-order chi connectivity index (χ0) is 24.5. The number of benzene rings is 1. The minimum Gasteiger partial charge on any atom is -0.380 e. The van der Waals surface area contributed by atoms with Gasteiger partial charge < -0.3 is 20.3 Å². The monoisotopic (exact) mass is 487 g/mol. The molecule has 0 bridgehead atoms. The smallest absolute Gasteiger partial charge is 0.327 e. The SMILES string of the molecule is C#CCNC(=O)n1c(C)cc2cc(Nc3ccnc4cc(C(=O)N5CC[C@@H](OC)C5)sc34)ccc21. The van der Waals surface area contributed by atoms with Crippen LogP contribution in [0.4, 0.5) is 16.2 Å². The minimum absolute atomic E-state index is 0.0137. The summed E-state index contributed by atoms with van der Waals surface area (Å²) in [4.78, 5) is 32.5. The number of nitrogens with zero attached hydrogens (tertiary/aromatic N) is 3. The molecule has 1 aliphatic rings. The van der Waals surface area contributed by atoms with Gasteiger partial charge in [0.1, 0.15) is 0 Å². The van der Waals surface area contributed by atoms with E-state index in [1.54, 1.807) is 17.9 Å². The molecule has 9 heteroatoms. The second-order valence-electron chi connectivity index (χ2n) is 8.46. The van der Waals surface area contributed by atoms with E-state index in [1.165, 1.54) is 11.3 Å². The van der Waals surface area contributed by atoms with Gasteiger partial charge in [0.2, 0.25) is 0 Å². The number of amides is 2. The molecule has 5 rings (SSSR count). The van der Waals surface area contributed by atoms with E-state index in [2.05, 4.69) is 21.5 Å². The molecule has 4 aromatic rings. The molecular weight excluding hydrogens is 462 g/mol. The first-order valence-corrected chi connectivity index (χ1v) is 12.1. The van der Waals surface area contributed by atoms with Gasteiger partial charge in [0.15, 0.2) is 0 Å². The van der Waals surface area contributed by atoms with Gasteiger partial charge in [0, 0.05) is 43.2 Å². The second-order valence-corrected chi connectivity index (χ2v) is 9.52. The Hall–Kier alpha value is -3.87. The molecule has 1 fully saturated rings. The number of thiophene rings is 1. The normalized spacial score (nSPS) is 15.5. The number of terminal acetylenes is 1. The number of anilines is 2. The second kappa shape index (κ2) is 9.41. The van der Waals surface area contributed by atoms with Gasteiger partial charge in [-0.15, -0.1) is 17.8 Å². The van der Waals surface area contributed by atoms with Crippen molar-refractivity contribution in [1.82, 2.24) is 19.8 Å². The number of hydrogen-bond acceptors (Lipinski definition) is 6. The van der Waals surface area contributed by atoms with E-state index in [1.807, 2.05) is 48.2 Å². The van der Waals surface area contributed by atoms with Crippen molar-refractivity contribution in [3.8, 4) is 12.3 Å². The zero-order valence-corrected chi connectivity index (χ0v) is 20.3. The predicted molar refractivity (Wildman–Crippen MR) is 139 cm³/mol. The first-order valence-electron chi connectivity index (χ1n) is 11.3. The van der Waals surface area contributed by atoms with Crippen LogP contribution in [-0.2, 0) is 4.74 Å². The molecule has 1 aliphatic heterocycles. The van der Waals surface area contributed by atoms with Crippen molar-refractivity contribution >= 4 is 55.8 Å². The van der Waals surface area contributed by atoms with Crippen LogP contribution in [0.3, 0.4) is 0 Å². The molecule has 2 N–H and O–H groups in total. The van der Waals surface area contributed by atoms with Gasteiger partial charge in [-0.3, -0.25) is 14.3 Å². The predicted octanol–water partition coefficient (Wildman–Crippen LogP) is 4.35. The molecule has 1 saturated heterocycles. The average Bonchev–Trinajstić information content (AvgIpc) is 3.58. The minimum atomic E-state index is -0.252. The number of carbonyl (C=O) groups is 2. The van der Waals surface area contributed by atoms with E-state index in [4.69, 9.17) is 11.2 Å². The van der Waals surface area contributed by atoms with Crippen LogP contribution in [0.1, 0.15) is 21.8 Å². The van der Waals surface area contributed by atoms with Crippen molar-refractivity contribution in [1.29, 1.82) is 0 Å². The zero-order valence-electron chi connectivity index (χ0n) is 19.5. The maximum Gasteiger partial charge on any atom is 0.327 e. The third-order valence-electron chi connectivity index (χ3n) is 6.20. The highest BCUT2D eigenvalue weighted by Crippen LogP contribution is 2.34. The Morgan fingerprint density at radius 2 is 2.14 bits per heavy atom. The van der Waals surface area contributed by atoms with Crippen LogP contribution in [0.25, 0.3) is 21.1 Å². The Kier molecular flexibility index (Phi) is 6.16. The lowest BCUT2D eigenvalue weighted by Crippen LogP contribution is -2.29. The number of fused-ring (bicyclic) bond motifs is 2. The van der Waals surface area contributed by atoms with Gasteiger partial charge in [-0.05, 0) is 49.7 Å². The van der Waals surface area contributed by atoms with E-state index in [0.717, 1.165) is 44.6 Å². The van der Waals surface area contributed by atoms with Gasteiger partial charge in [0.05, 0.1) is 38.9 Å². The molecule has 4 heterocycles. The van der Waals surface area contributed by atoms with E-state index < -0.39 is 0 Å². The van der Waals surface area contributed by atoms with Crippen LogP contribution >= 0.6 is 11.3 Å². The molecule has 8 nitrogen and oxygen atoms in total. The largest absolute Gasteiger partial charge is 0.380 e. The Labute approximate surface area is 206 Å². The summed E-state index contributed by atoms with van der Waals surface area (Å²) >= 11 is 1.44. The summed E-state index contributed by atoms with van der Waals surface area (Å²) in [5.74, 6) is 2.43. The first-order chi connectivity index (χ1) is 17.0. The van der Waals surface area contributed by atoms with Crippen LogP contribution in [0, 0.1) is 19.3 Å². The Bertz CT molecular complexity index is 1480. The molecule has 0 saturated carbocycles. The highest BCUT2D eigenvalue weighted by atomic mass is 32.1. The topological polar surface area (TPSA) is 88.5 Å². The first kappa shape index (κ1) is 22.9. The number of nitrogens with one attached hydrogen (secondary N) is 2. The highest BCUT2D eigenvalue weighted by Gasteiger charge is 2.28. The van der Waals surface area contributed by atoms with Gasteiger partial charge in [-0.25, -0.2) is 4.79 Å². The number of ether oxygens (including phenoxy) is 1. The van der Waals surface area contributed by atoms with Crippen LogP contribution in [0.5, 0.6) is 0 Å². The summed E-state index contributed by atoms with van der Waals surface area (Å²) in [6.45, 7) is 3.37. The van der Waals surface area contributed by atoms with E-state index in [9.17, 15) is 9.59 Å². The number of pyridine rings is 1. The number of aryl methyl sites for hydroxylation is 1. The molecule has 1 atom stereocenters. The summed E-state index contributed by atoms with van der Waals surface area (Å²) in [5, 5.41) is 7.09. The van der Waals surface area contributed by atoms with Crippen molar-refractivity contribution in [3.05, 3.63) is 53.2 Å². The van der Waals surface area contributed by atoms with Gasteiger partial charge in [0.25, 0.3) is 5.91 Å². The van der Waals surface area contributed by atoms with E-state index in [0.29, 0.717) is 18.0 Å². The number of hydrogen-bond donors (Lipinski definition) is 2. The fourth-order valence-electron chi connectivity index (χ4n) is 4.46. The molecule has 0 spiro atoms. The number of aromatic nitrogens is 2. The molecular formula is C26H25N5O3S. The standard InChI is InChI=1S/C26H25N5O3S/c1-4-9-28-26(33)31-16(2)12-17-13-18(5-6-22(17)31)29-20-7-10-27-21-14-23(35-24(20)21)25(32)30-11-8-19(15-30)34-3/h1,5-7,10,12-14,19H,8-9,11,15H2,2-3H3,(H,27,29)(H,28,33)/t19-/m1/s1. The van der Waals surface area contributed by atoms with Crippen molar-refractivity contribution in [2.45, 2.75) is 19.4 Å². The molecule has 35 heavy (non-hydrogen) atoms. The Morgan fingerprint density at radius 1 is 1.29 bits per heavy atom. The number of likely N-dealkylation sites (tertiary alicyclic amines) is 1. The van der Waals surface area contributed by atoms with E-state index >= 15 is 0 Å². The fourth-order valence-corrected chi connectivity index (χ4v) is 5.52. The van der Waals surface area contributed by atoms with Crippen LogP contribution in [-0.4, -0.2) is 59.2 Å². The molecule has 2 amide bonds. The third-order valence-corrected chi connectivity index (χ3v) is 7.34. The molecule has 3 aromatic heterocycles. The maximum absolute atomic E-state index is 13.0. The summed E-state index contributed by atoms with van der Waals surface area (Å²) in [6.07, 6.45) is 7.95. The van der Waals surface area contributed by atoms with Crippen LogP contribution in [0.2, 0.25) is 0 Å². The lowest BCUT2D eigenvalue weighted by atomic mass is 10.2. The Balaban J connectivity index is 1.41. The number of methoxy groups -OCH3 is 1. The number of rotatable bonds is 5. The van der Waals surface area contributed by atoms with Crippen molar-refractivity contribution in [2.24, 2.45) is 0 Å². The summed E-state index contributed by atoms with van der Waals surface area (Å²) in [5.41, 5.74) is 4.13. The summed E-state index contributed by atoms with van der Waals surface area (Å²) in [7, 11) is 1.68. The molecule has 0 radical (unpaired) electrons. The van der Waals surface area contributed by atoms with Crippen molar-refractivity contribution in [3.63, 3.8) is 0 Å². The Morgan fingerprint density at radius 3 is 2.91 bits per heavy atom. The fraction of sp³-hybridized carbons (Fsp3) is 0.269. The molecule has 1 aromatic carbocycles. The van der Waals surface area contributed by atoms with Gasteiger partial charge >= 0.3 is 6.03 Å². The highest BCUT2D eigenvalue weighted by molar-refractivity contribution is 7.21. The van der Waals surface area contributed by atoms with Crippen LogP contribution < -0.4 is 10.6 Å². The van der Waals surface area contributed by atoms with Crippen molar-refractivity contribution < 1.29 is 14.3 Å². The lowest BCUT2D eigenvalue weighted by molar-refractivity contribution is 0.0728. The molecule has 0 aliphatic carbocycles. The average molecular weight is 488 g/mol. The number of carbonyl (C=O) groups excluding carboxylic acids is 2. The third kappa shape index (κ3) is 4.34. The van der Waals surface area contributed by atoms with E-state index in [-0.39, 0.29) is 24.6 Å². The van der Waals surface area contributed by atoms with Gasteiger partial charge in [-0.1, -0.05) is 5.92 Å². The lowest BCUT2D eigenvalue weighted by Gasteiger charge is -2.14. The summed E-state index contributed by atoms with van der Waals surface area (Å²) < 4.78 is 7.93. The summed E-state index contributed by atoms with van der Waals surface area (Å²) in [6, 6.07) is 11.3. The molecule has 178 valence electrons. The molecule has 0 unspecified atom stereocenters. The quantitative estimate of drug-likeness (QED) is 0.409. The van der Waals surface area contributed by atoms with Crippen LogP contribution in [0.15, 0.2) is 42.6 Å². The maximum atomic E-state index is 13.0. The van der Waals surface area contributed by atoms with Crippen molar-refractivity contribution in [2.75, 3.05) is 32.1 Å². The van der Waals surface area contributed by atoms with Gasteiger partial charge in [-0.2, -0.15) is 0 Å².